The van der Waals surface area contributed by atoms with E-state index in [4.69, 9.17) is 5.73 Å². The van der Waals surface area contributed by atoms with Crippen molar-refractivity contribution in [3.63, 3.8) is 0 Å². The fourth-order valence-electron chi connectivity index (χ4n) is 1.82. The standard InChI is InChI=1S/C12H22N4O2/c1-5-9-14-10(12(17)18-4)11(13)16(9)8-6-7-15(2)3/h5-8,13H2,1-4H3. The van der Waals surface area contributed by atoms with Gasteiger partial charge in [-0.05, 0) is 27.1 Å². The molecular formula is C12H22N4O2. The molecule has 102 valence electrons. The van der Waals surface area contributed by atoms with Gasteiger partial charge in [0.15, 0.2) is 5.69 Å². The molecule has 0 aliphatic carbocycles. The molecule has 0 amide bonds. The first-order valence-corrected chi connectivity index (χ1v) is 6.09. The largest absolute Gasteiger partial charge is 0.464 e. The zero-order chi connectivity index (χ0) is 13.7. The predicted molar refractivity (Wildman–Crippen MR) is 70.5 cm³/mol. The maximum atomic E-state index is 11.5. The molecule has 18 heavy (non-hydrogen) atoms. The van der Waals surface area contributed by atoms with Crippen LogP contribution in [0.5, 0.6) is 0 Å². The topological polar surface area (TPSA) is 73.4 Å². The van der Waals surface area contributed by atoms with Crippen molar-refractivity contribution in [2.45, 2.75) is 26.3 Å². The number of rotatable bonds is 6. The van der Waals surface area contributed by atoms with Crippen molar-refractivity contribution in [1.82, 2.24) is 14.5 Å². The molecule has 1 aromatic heterocycles. The Morgan fingerprint density at radius 3 is 2.67 bits per heavy atom. The van der Waals surface area contributed by atoms with Crippen molar-refractivity contribution < 1.29 is 9.53 Å². The number of aromatic nitrogens is 2. The summed E-state index contributed by atoms with van der Waals surface area (Å²) in [6, 6.07) is 0. The number of anilines is 1. The van der Waals surface area contributed by atoms with E-state index in [0.29, 0.717) is 5.82 Å². The third-order valence-electron chi connectivity index (χ3n) is 2.77. The first-order chi connectivity index (χ1) is 8.51. The highest BCUT2D eigenvalue weighted by Crippen LogP contribution is 2.16. The molecule has 0 aromatic carbocycles. The van der Waals surface area contributed by atoms with Gasteiger partial charge in [-0.3, -0.25) is 0 Å². The number of aryl methyl sites for hydroxylation is 1. The fourth-order valence-corrected chi connectivity index (χ4v) is 1.82. The molecule has 0 radical (unpaired) electrons. The zero-order valence-corrected chi connectivity index (χ0v) is 11.6. The summed E-state index contributed by atoms with van der Waals surface area (Å²) in [6.45, 7) is 3.72. The van der Waals surface area contributed by atoms with E-state index < -0.39 is 5.97 Å². The second kappa shape index (κ2) is 6.39. The molecule has 0 spiro atoms. The van der Waals surface area contributed by atoms with Gasteiger partial charge in [0.25, 0.3) is 0 Å². The molecule has 2 N–H and O–H groups in total. The predicted octanol–water partition coefficient (Wildman–Crippen LogP) is 0.766. The quantitative estimate of drug-likeness (QED) is 0.759. The average Bonchev–Trinajstić information content (AvgIpc) is 2.65. The molecule has 6 nitrogen and oxygen atoms in total. The molecule has 0 fully saturated rings. The second-order valence-electron chi connectivity index (χ2n) is 4.42. The van der Waals surface area contributed by atoms with Gasteiger partial charge in [-0.15, -0.1) is 0 Å². The second-order valence-corrected chi connectivity index (χ2v) is 4.42. The fraction of sp³-hybridized carbons (Fsp3) is 0.667. The number of methoxy groups -OCH3 is 1. The Morgan fingerprint density at radius 2 is 2.17 bits per heavy atom. The van der Waals surface area contributed by atoms with E-state index in [0.717, 1.165) is 31.8 Å². The van der Waals surface area contributed by atoms with Gasteiger partial charge in [0.1, 0.15) is 11.6 Å². The minimum atomic E-state index is -0.478. The van der Waals surface area contributed by atoms with Crippen LogP contribution in [0, 0.1) is 0 Å². The van der Waals surface area contributed by atoms with E-state index in [1.807, 2.05) is 25.6 Å². The van der Waals surface area contributed by atoms with Crippen molar-refractivity contribution in [2.75, 3.05) is 33.5 Å². The summed E-state index contributed by atoms with van der Waals surface area (Å²) < 4.78 is 6.57. The molecule has 0 atom stereocenters. The van der Waals surface area contributed by atoms with Crippen LogP contribution in [0.1, 0.15) is 29.7 Å². The molecule has 0 unspecified atom stereocenters. The summed E-state index contributed by atoms with van der Waals surface area (Å²) >= 11 is 0. The molecule has 1 aromatic rings. The van der Waals surface area contributed by atoms with Crippen LogP contribution in [0.3, 0.4) is 0 Å². The lowest BCUT2D eigenvalue weighted by molar-refractivity contribution is 0.0595. The zero-order valence-electron chi connectivity index (χ0n) is 11.6. The SMILES string of the molecule is CCc1nc(C(=O)OC)c(N)n1CCCN(C)C. The molecule has 6 heteroatoms. The Bertz CT molecular complexity index is 412. The van der Waals surface area contributed by atoms with Crippen LogP contribution in [-0.4, -0.2) is 48.2 Å². The van der Waals surface area contributed by atoms with Gasteiger partial charge in [0.05, 0.1) is 7.11 Å². The number of carbonyl (C=O) groups is 1. The number of nitrogens with two attached hydrogens (primary N) is 1. The molecule has 0 aliphatic heterocycles. The van der Waals surface area contributed by atoms with Gasteiger partial charge in [-0.1, -0.05) is 6.92 Å². The van der Waals surface area contributed by atoms with Gasteiger partial charge < -0.3 is 19.9 Å². The lowest BCUT2D eigenvalue weighted by Gasteiger charge is -2.12. The summed E-state index contributed by atoms with van der Waals surface area (Å²) in [6.07, 6.45) is 1.70. The Labute approximate surface area is 108 Å². The maximum absolute atomic E-state index is 11.5. The van der Waals surface area contributed by atoms with Crippen LogP contribution in [0.4, 0.5) is 5.82 Å². The summed E-state index contributed by atoms with van der Waals surface area (Å²) in [7, 11) is 5.38. The van der Waals surface area contributed by atoms with Crippen molar-refractivity contribution in [1.29, 1.82) is 0 Å². The van der Waals surface area contributed by atoms with E-state index in [2.05, 4.69) is 14.6 Å². The van der Waals surface area contributed by atoms with Crippen molar-refractivity contribution >= 4 is 11.8 Å². The van der Waals surface area contributed by atoms with Crippen molar-refractivity contribution in [3.8, 4) is 0 Å². The van der Waals surface area contributed by atoms with Gasteiger partial charge >= 0.3 is 5.97 Å². The Kier molecular flexibility index (Phi) is 5.15. The lowest BCUT2D eigenvalue weighted by Crippen LogP contribution is -2.16. The Balaban J connectivity index is 2.88. The molecule has 0 saturated carbocycles. The molecule has 0 aliphatic rings. The maximum Gasteiger partial charge on any atom is 0.360 e. The van der Waals surface area contributed by atoms with E-state index in [-0.39, 0.29) is 5.69 Å². The number of imidazole rings is 1. The number of nitrogen functional groups attached to an aromatic ring is 1. The van der Waals surface area contributed by atoms with E-state index >= 15 is 0 Å². The summed E-state index contributed by atoms with van der Waals surface area (Å²) in [5, 5.41) is 0. The van der Waals surface area contributed by atoms with Crippen LogP contribution in [0.2, 0.25) is 0 Å². The average molecular weight is 254 g/mol. The van der Waals surface area contributed by atoms with Crippen LogP contribution in [0.15, 0.2) is 0 Å². The van der Waals surface area contributed by atoms with E-state index in [1.165, 1.54) is 7.11 Å². The number of ether oxygens (including phenoxy) is 1. The molecule has 0 bridgehead atoms. The molecule has 0 saturated heterocycles. The highest BCUT2D eigenvalue weighted by Gasteiger charge is 2.19. The smallest absolute Gasteiger partial charge is 0.360 e. The number of nitrogens with zero attached hydrogens (tertiary/aromatic N) is 3. The van der Waals surface area contributed by atoms with Crippen LogP contribution >= 0.6 is 0 Å². The first-order valence-electron chi connectivity index (χ1n) is 6.09. The van der Waals surface area contributed by atoms with Gasteiger partial charge in [0.2, 0.25) is 0 Å². The highest BCUT2D eigenvalue weighted by molar-refractivity contribution is 5.92. The summed E-state index contributed by atoms with van der Waals surface area (Å²) in [5.74, 6) is 0.748. The van der Waals surface area contributed by atoms with Crippen LogP contribution < -0.4 is 5.73 Å². The number of carbonyl (C=O) groups excluding carboxylic acids is 1. The molecule has 1 heterocycles. The summed E-state index contributed by atoms with van der Waals surface area (Å²) in [4.78, 5) is 17.9. The summed E-state index contributed by atoms with van der Waals surface area (Å²) in [5.41, 5.74) is 6.18. The van der Waals surface area contributed by atoms with Crippen molar-refractivity contribution in [3.05, 3.63) is 11.5 Å². The third-order valence-corrected chi connectivity index (χ3v) is 2.77. The first kappa shape index (κ1) is 14.5. The minimum Gasteiger partial charge on any atom is -0.464 e. The lowest BCUT2D eigenvalue weighted by atomic mass is 10.3. The number of esters is 1. The van der Waals surface area contributed by atoms with E-state index in [1.54, 1.807) is 0 Å². The Morgan fingerprint density at radius 1 is 1.50 bits per heavy atom. The van der Waals surface area contributed by atoms with Crippen molar-refractivity contribution in [2.24, 2.45) is 0 Å². The number of hydrogen-bond donors (Lipinski definition) is 1. The van der Waals surface area contributed by atoms with Crippen LogP contribution in [-0.2, 0) is 17.7 Å². The van der Waals surface area contributed by atoms with E-state index in [9.17, 15) is 4.79 Å². The van der Waals surface area contributed by atoms with Gasteiger partial charge in [-0.25, -0.2) is 9.78 Å². The third kappa shape index (κ3) is 3.22. The Hall–Kier alpha value is -1.56. The monoisotopic (exact) mass is 254 g/mol. The highest BCUT2D eigenvalue weighted by atomic mass is 16.5. The minimum absolute atomic E-state index is 0.221. The molecule has 1 rings (SSSR count). The van der Waals surface area contributed by atoms with Gasteiger partial charge in [-0.2, -0.15) is 0 Å². The van der Waals surface area contributed by atoms with Crippen LogP contribution in [0.25, 0.3) is 0 Å². The number of hydrogen-bond acceptors (Lipinski definition) is 5. The molecular weight excluding hydrogens is 232 g/mol. The normalized spacial score (nSPS) is 10.9. The van der Waals surface area contributed by atoms with Gasteiger partial charge in [0, 0.05) is 13.0 Å².